The number of cyclic esters (lactones) is 1. The van der Waals surface area contributed by atoms with Crippen LogP contribution in [0.15, 0.2) is 24.3 Å². The van der Waals surface area contributed by atoms with E-state index >= 15 is 0 Å². The monoisotopic (exact) mass is 450 g/mol. The number of aliphatic hydroxyl groups is 1. The van der Waals surface area contributed by atoms with Crippen LogP contribution in [0.4, 0.5) is 0 Å². The molecule has 0 spiro atoms. The molecular formula is C22H26O10. The Morgan fingerprint density at radius 2 is 1.47 bits per heavy atom. The fourth-order valence-electron chi connectivity index (χ4n) is 4.81. The second kappa shape index (κ2) is 8.73. The van der Waals surface area contributed by atoms with Crippen LogP contribution < -0.4 is 23.7 Å². The lowest BCUT2D eigenvalue weighted by atomic mass is 9.66. The number of esters is 1. The molecule has 0 saturated carbocycles. The van der Waals surface area contributed by atoms with Gasteiger partial charge in [0.25, 0.3) is 0 Å². The Hall–Kier alpha value is -3.21. The Morgan fingerprint density at radius 1 is 0.875 bits per heavy atom. The molecule has 0 aromatic heterocycles. The molecule has 3 aliphatic rings. The summed E-state index contributed by atoms with van der Waals surface area (Å²) in [6.07, 6.45) is -0.843. The Bertz CT molecular complexity index is 995. The van der Waals surface area contributed by atoms with Gasteiger partial charge in [0.1, 0.15) is 0 Å². The molecule has 5 rings (SSSR count). The van der Waals surface area contributed by atoms with Crippen LogP contribution in [0, 0.1) is 11.8 Å². The number of aliphatic hydroxyl groups excluding tert-OH is 1. The van der Waals surface area contributed by atoms with E-state index in [1.54, 1.807) is 20.3 Å². The number of ether oxygens (including phenoxy) is 6. The number of methoxy groups -OCH3 is 3. The zero-order valence-corrected chi connectivity index (χ0v) is 17.8. The van der Waals surface area contributed by atoms with Crippen LogP contribution in [0.1, 0.15) is 28.7 Å². The second-order valence-electron chi connectivity index (χ2n) is 7.54. The van der Waals surface area contributed by atoms with Crippen molar-refractivity contribution in [2.75, 3.05) is 34.7 Å². The number of fused-ring (bicyclic) bond motifs is 3. The molecule has 2 aromatic rings. The fraction of sp³-hybridized carbons (Fsp3) is 0.409. The second-order valence-corrected chi connectivity index (χ2v) is 7.54. The molecule has 2 aromatic carbocycles. The summed E-state index contributed by atoms with van der Waals surface area (Å²) < 4.78 is 32.9. The molecule has 0 radical (unpaired) electrons. The highest BCUT2D eigenvalue weighted by Gasteiger charge is 2.52. The van der Waals surface area contributed by atoms with Gasteiger partial charge in [-0.1, -0.05) is 0 Å². The van der Waals surface area contributed by atoms with Gasteiger partial charge in [-0.05, 0) is 41.0 Å². The van der Waals surface area contributed by atoms with Crippen molar-refractivity contribution in [2.45, 2.75) is 12.0 Å². The first-order valence-electron chi connectivity index (χ1n) is 9.65. The van der Waals surface area contributed by atoms with E-state index in [0.29, 0.717) is 34.3 Å². The first-order chi connectivity index (χ1) is 14.6. The highest BCUT2D eigenvalue weighted by molar-refractivity contribution is 5.79. The standard InChI is InChI=1S/C22H22O8.2H2O/c1-25-16-4-10(5-17(26-2)21(16)27-3)18-11-6-14-15(30-9-29-14)7-12(11)20(23)13-8-28-22(24)19(13)18;;/h4-7,13,18-20,23H,8-9H2,1-3H3;2*1H2/t13-,18+,19-,20-;;/m0../s1. The topological polar surface area (TPSA) is 156 Å². The summed E-state index contributed by atoms with van der Waals surface area (Å²) >= 11 is 0. The number of carbonyl (C=O) groups is 1. The van der Waals surface area contributed by atoms with Gasteiger partial charge in [-0.25, -0.2) is 0 Å². The third kappa shape index (κ3) is 3.27. The Morgan fingerprint density at radius 3 is 2.03 bits per heavy atom. The van der Waals surface area contributed by atoms with Gasteiger partial charge >= 0.3 is 5.97 Å². The average molecular weight is 450 g/mol. The van der Waals surface area contributed by atoms with Crippen molar-refractivity contribution < 1.29 is 49.3 Å². The lowest BCUT2D eigenvalue weighted by Crippen LogP contribution is -2.34. The smallest absolute Gasteiger partial charge is 0.310 e. The minimum absolute atomic E-state index is 0. The van der Waals surface area contributed by atoms with E-state index in [9.17, 15) is 9.90 Å². The molecule has 2 heterocycles. The number of hydrogen-bond acceptors (Lipinski definition) is 8. The van der Waals surface area contributed by atoms with Crippen LogP contribution in [0.3, 0.4) is 0 Å². The normalized spacial score (nSPS) is 24.3. The molecule has 0 unspecified atom stereocenters. The van der Waals surface area contributed by atoms with Gasteiger partial charge in [-0.15, -0.1) is 0 Å². The summed E-state index contributed by atoms with van der Waals surface area (Å²) in [5.41, 5.74) is 2.30. The molecule has 174 valence electrons. The van der Waals surface area contributed by atoms with Crippen LogP contribution >= 0.6 is 0 Å². The van der Waals surface area contributed by atoms with Gasteiger partial charge in [0.15, 0.2) is 23.0 Å². The minimum atomic E-state index is -0.843. The molecule has 4 atom stereocenters. The maximum atomic E-state index is 12.7. The number of rotatable bonds is 4. The van der Waals surface area contributed by atoms with Gasteiger partial charge in [-0.3, -0.25) is 4.79 Å². The van der Waals surface area contributed by atoms with Crippen molar-refractivity contribution in [3.63, 3.8) is 0 Å². The number of benzene rings is 2. The maximum absolute atomic E-state index is 12.7. The summed E-state index contributed by atoms with van der Waals surface area (Å²) in [5, 5.41) is 11.0. The largest absolute Gasteiger partial charge is 0.493 e. The van der Waals surface area contributed by atoms with E-state index in [-0.39, 0.29) is 42.2 Å². The maximum Gasteiger partial charge on any atom is 0.310 e. The lowest BCUT2D eigenvalue weighted by molar-refractivity contribution is -0.141. The molecule has 1 aliphatic carbocycles. The highest BCUT2D eigenvalue weighted by Crippen LogP contribution is 2.55. The molecular weight excluding hydrogens is 424 g/mol. The van der Waals surface area contributed by atoms with Crippen LogP contribution in [0.25, 0.3) is 0 Å². The SMILES string of the molecule is COc1cc([C@@H]2c3cc4c(cc3[C@H](O)[C@H]3COC(=O)[C@H]23)OCO4)cc(OC)c1OC.O.O. The fourth-order valence-corrected chi connectivity index (χ4v) is 4.81. The predicted octanol–water partition coefficient (Wildman–Crippen LogP) is 0.760. The lowest BCUT2D eigenvalue weighted by Gasteiger charge is -2.37. The van der Waals surface area contributed by atoms with Gasteiger partial charge in [-0.2, -0.15) is 0 Å². The van der Waals surface area contributed by atoms with Gasteiger partial charge in [0, 0.05) is 11.8 Å². The van der Waals surface area contributed by atoms with Crippen LogP contribution in [-0.4, -0.2) is 56.8 Å². The molecule has 10 nitrogen and oxygen atoms in total. The van der Waals surface area contributed by atoms with E-state index in [2.05, 4.69) is 0 Å². The summed E-state index contributed by atoms with van der Waals surface area (Å²) in [6.45, 7) is 0.289. The number of carbonyl (C=O) groups excluding carboxylic acids is 1. The van der Waals surface area contributed by atoms with Crippen LogP contribution in [0.5, 0.6) is 28.7 Å². The van der Waals surface area contributed by atoms with E-state index < -0.39 is 12.0 Å². The third-order valence-corrected chi connectivity index (χ3v) is 6.19. The summed E-state index contributed by atoms with van der Waals surface area (Å²) in [5.74, 6) is 0.989. The quantitative estimate of drug-likeness (QED) is 0.669. The summed E-state index contributed by atoms with van der Waals surface area (Å²) in [6, 6.07) is 7.31. The Labute approximate surface area is 184 Å². The Balaban J connectivity index is 0.00000144. The average Bonchev–Trinajstić information content (AvgIpc) is 3.38. The molecule has 0 amide bonds. The van der Waals surface area contributed by atoms with Gasteiger partial charge in [0.05, 0.1) is 40.0 Å². The summed E-state index contributed by atoms with van der Waals surface area (Å²) in [7, 11) is 4.63. The Kier molecular flexibility index (Phi) is 6.40. The van der Waals surface area contributed by atoms with Crippen molar-refractivity contribution in [1.82, 2.24) is 0 Å². The molecule has 10 heteroatoms. The van der Waals surface area contributed by atoms with Crippen LogP contribution in [-0.2, 0) is 9.53 Å². The molecule has 5 N–H and O–H groups in total. The summed E-state index contributed by atoms with van der Waals surface area (Å²) in [4.78, 5) is 12.7. The molecule has 0 bridgehead atoms. The molecule has 1 saturated heterocycles. The van der Waals surface area contributed by atoms with Crippen molar-refractivity contribution in [3.05, 3.63) is 41.0 Å². The van der Waals surface area contributed by atoms with E-state index in [0.717, 1.165) is 11.1 Å². The van der Waals surface area contributed by atoms with Crippen LogP contribution in [0.2, 0.25) is 0 Å². The van der Waals surface area contributed by atoms with E-state index in [1.807, 2.05) is 18.2 Å². The van der Waals surface area contributed by atoms with Crippen molar-refractivity contribution in [2.24, 2.45) is 11.8 Å². The molecule has 2 aliphatic heterocycles. The van der Waals surface area contributed by atoms with Crippen molar-refractivity contribution >= 4 is 5.97 Å². The minimum Gasteiger partial charge on any atom is -0.493 e. The molecule has 32 heavy (non-hydrogen) atoms. The van der Waals surface area contributed by atoms with Crippen molar-refractivity contribution in [1.29, 1.82) is 0 Å². The zero-order chi connectivity index (χ0) is 21.0. The molecule has 1 fully saturated rings. The van der Waals surface area contributed by atoms with E-state index in [1.165, 1.54) is 7.11 Å². The predicted molar refractivity (Wildman–Crippen MR) is 111 cm³/mol. The van der Waals surface area contributed by atoms with E-state index in [4.69, 9.17) is 28.4 Å². The van der Waals surface area contributed by atoms with Crippen molar-refractivity contribution in [3.8, 4) is 28.7 Å². The zero-order valence-electron chi connectivity index (χ0n) is 17.8. The third-order valence-electron chi connectivity index (χ3n) is 6.19. The van der Waals surface area contributed by atoms with Gasteiger partial charge < -0.3 is 44.5 Å². The first kappa shape index (κ1) is 23.5. The highest BCUT2D eigenvalue weighted by atomic mass is 16.7. The number of hydrogen-bond donors (Lipinski definition) is 1. The first-order valence-corrected chi connectivity index (χ1v) is 9.65. The van der Waals surface area contributed by atoms with Gasteiger partial charge in [0.2, 0.25) is 12.5 Å².